The van der Waals surface area contributed by atoms with Gasteiger partial charge in [-0.2, -0.15) is 0 Å². The molecule has 0 saturated heterocycles. The van der Waals surface area contributed by atoms with Crippen molar-refractivity contribution in [2.75, 3.05) is 6.26 Å². The molecule has 0 unspecified atom stereocenters. The maximum Gasteiger partial charge on any atom is 0.109 e. The summed E-state index contributed by atoms with van der Waals surface area (Å²) in [5, 5.41) is 0. The van der Waals surface area contributed by atoms with E-state index in [2.05, 4.69) is 0 Å². The predicted molar refractivity (Wildman–Crippen MR) is 35.5 cm³/mol. The molecule has 1 rings (SSSR count). The molecule has 0 aliphatic heterocycles. The second-order valence-electron chi connectivity index (χ2n) is 1.89. The first-order valence-electron chi connectivity index (χ1n) is 2.76. The molecule has 0 aromatic carbocycles. The van der Waals surface area contributed by atoms with E-state index in [0.29, 0.717) is 6.42 Å². The van der Waals surface area contributed by atoms with Gasteiger partial charge in [0.1, 0.15) is 5.83 Å². The molecule has 0 aromatic rings. The fourth-order valence-electron chi connectivity index (χ4n) is 0.892. The predicted octanol–water partition coefficient (Wildman–Crippen LogP) is 2.71. The number of thioether (sulfide) groups is 1. The first-order chi connectivity index (χ1) is 3.84. The van der Waals surface area contributed by atoms with Crippen LogP contribution in [0.2, 0.25) is 0 Å². The van der Waals surface area contributed by atoms with Crippen molar-refractivity contribution in [2.24, 2.45) is 0 Å². The van der Waals surface area contributed by atoms with Crippen molar-refractivity contribution < 1.29 is 4.39 Å². The van der Waals surface area contributed by atoms with Gasteiger partial charge >= 0.3 is 0 Å². The zero-order chi connectivity index (χ0) is 5.98. The van der Waals surface area contributed by atoms with Crippen LogP contribution in [0.1, 0.15) is 19.3 Å². The van der Waals surface area contributed by atoms with E-state index in [-0.39, 0.29) is 5.83 Å². The third-order valence-electron chi connectivity index (χ3n) is 1.35. The number of hydrogen-bond acceptors (Lipinski definition) is 1. The van der Waals surface area contributed by atoms with E-state index in [1.165, 1.54) is 0 Å². The monoisotopic (exact) mass is 132 g/mol. The van der Waals surface area contributed by atoms with Gasteiger partial charge < -0.3 is 0 Å². The average Bonchev–Trinajstić information content (AvgIpc) is 2.14. The van der Waals surface area contributed by atoms with Crippen LogP contribution in [0, 0.1) is 0 Å². The zero-order valence-corrected chi connectivity index (χ0v) is 5.72. The lowest BCUT2D eigenvalue weighted by molar-refractivity contribution is 0.604. The van der Waals surface area contributed by atoms with Gasteiger partial charge in [-0.1, -0.05) is 0 Å². The summed E-state index contributed by atoms with van der Waals surface area (Å²) in [6.45, 7) is 0. The summed E-state index contributed by atoms with van der Waals surface area (Å²) in [6.07, 6.45) is 4.59. The minimum absolute atomic E-state index is 0.123. The minimum atomic E-state index is 0.123. The van der Waals surface area contributed by atoms with Gasteiger partial charge in [0.25, 0.3) is 0 Å². The van der Waals surface area contributed by atoms with Crippen molar-refractivity contribution in [1.29, 1.82) is 0 Å². The fourth-order valence-corrected chi connectivity index (χ4v) is 1.56. The van der Waals surface area contributed by atoms with Crippen LogP contribution in [-0.4, -0.2) is 6.26 Å². The molecule has 1 aliphatic rings. The van der Waals surface area contributed by atoms with Crippen molar-refractivity contribution in [3.63, 3.8) is 0 Å². The zero-order valence-electron chi connectivity index (χ0n) is 4.91. The molecule has 2 heteroatoms. The van der Waals surface area contributed by atoms with Crippen LogP contribution < -0.4 is 0 Å². The van der Waals surface area contributed by atoms with Crippen molar-refractivity contribution >= 4 is 11.8 Å². The normalized spacial score (nSPS) is 20.2. The summed E-state index contributed by atoms with van der Waals surface area (Å²) in [4.78, 5) is 0.963. The van der Waals surface area contributed by atoms with Gasteiger partial charge in [0.15, 0.2) is 0 Å². The van der Waals surface area contributed by atoms with Crippen LogP contribution in [0.4, 0.5) is 4.39 Å². The Balaban J connectivity index is 2.58. The minimum Gasteiger partial charge on any atom is -0.211 e. The maximum absolute atomic E-state index is 12.4. The van der Waals surface area contributed by atoms with Crippen molar-refractivity contribution in [1.82, 2.24) is 0 Å². The second-order valence-corrected chi connectivity index (χ2v) is 2.79. The highest BCUT2D eigenvalue weighted by Gasteiger charge is 2.11. The van der Waals surface area contributed by atoms with Crippen LogP contribution >= 0.6 is 11.8 Å². The molecule has 1 aliphatic carbocycles. The van der Waals surface area contributed by atoms with E-state index in [4.69, 9.17) is 0 Å². The van der Waals surface area contributed by atoms with Gasteiger partial charge in [-0.15, -0.1) is 11.8 Å². The second kappa shape index (κ2) is 2.53. The van der Waals surface area contributed by atoms with Crippen molar-refractivity contribution in [3.05, 3.63) is 10.7 Å². The van der Waals surface area contributed by atoms with E-state index in [9.17, 15) is 4.39 Å². The molecule has 46 valence electrons. The van der Waals surface area contributed by atoms with E-state index in [1.807, 2.05) is 6.26 Å². The van der Waals surface area contributed by atoms with Crippen molar-refractivity contribution in [2.45, 2.75) is 19.3 Å². The highest BCUT2D eigenvalue weighted by atomic mass is 32.2. The lowest BCUT2D eigenvalue weighted by Crippen LogP contribution is -1.66. The summed E-state index contributed by atoms with van der Waals surface area (Å²) in [5.41, 5.74) is 0. The lowest BCUT2D eigenvalue weighted by Gasteiger charge is -1.90. The third-order valence-corrected chi connectivity index (χ3v) is 2.27. The van der Waals surface area contributed by atoms with Gasteiger partial charge in [0.05, 0.1) is 0 Å². The summed E-state index contributed by atoms with van der Waals surface area (Å²) in [7, 11) is 0. The molecule has 0 radical (unpaired) electrons. The topological polar surface area (TPSA) is 0 Å². The summed E-state index contributed by atoms with van der Waals surface area (Å²) < 4.78 is 12.4. The molecule has 0 fully saturated rings. The third kappa shape index (κ3) is 1.05. The van der Waals surface area contributed by atoms with Gasteiger partial charge in [0.2, 0.25) is 0 Å². The molecule has 0 aromatic heterocycles. The Labute approximate surface area is 53.2 Å². The Bertz CT molecular complexity index is 118. The van der Waals surface area contributed by atoms with Gasteiger partial charge in [-0.3, -0.25) is 0 Å². The number of hydrogen-bond donors (Lipinski definition) is 0. The Kier molecular flexibility index (Phi) is 1.95. The Morgan fingerprint density at radius 1 is 1.50 bits per heavy atom. The molecule has 0 bridgehead atoms. The summed E-state index contributed by atoms with van der Waals surface area (Å²) >= 11 is 1.55. The highest BCUT2D eigenvalue weighted by Crippen LogP contribution is 2.33. The number of allylic oxidation sites excluding steroid dienone is 2. The molecule has 0 spiro atoms. The molecule has 0 atom stereocenters. The van der Waals surface area contributed by atoms with Crippen LogP contribution in [0.25, 0.3) is 0 Å². The summed E-state index contributed by atoms with van der Waals surface area (Å²) in [5.74, 6) is 0.123. The standard InChI is InChI=1S/C6H9FS/c1-8-6-4-2-3-5(6)7/h2-4H2,1H3. The molecule has 0 heterocycles. The Hall–Kier alpha value is 0.0200. The highest BCUT2D eigenvalue weighted by molar-refractivity contribution is 8.02. The van der Waals surface area contributed by atoms with E-state index in [1.54, 1.807) is 11.8 Å². The SMILES string of the molecule is CSC1=C(F)CCC1. The van der Waals surface area contributed by atoms with Crippen LogP contribution in [0.15, 0.2) is 10.7 Å². The van der Waals surface area contributed by atoms with Gasteiger partial charge in [-0.05, 0) is 19.1 Å². The first kappa shape index (κ1) is 6.14. The van der Waals surface area contributed by atoms with Crippen LogP contribution in [0.5, 0.6) is 0 Å². The number of halogens is 1. The molecule has 0 saturated carbocycles. The molecule has 0 N–H and O–H groups in total. The smallest absolute Gasteiger partial charge is 0.109 e. The molecular weight excluding hydrogens is 123 g/mol. The van der Waals surface area contributed by atoms with Crippen LogP contribution in [-0.2, 0) is 0 Å². The molecule has 8 heavy (non-hydrogen) atoms. The summed E-state index contributed by atoms with van der Waals surface area (Å²) in [6, 6.07) is 0. The molecule has 0 amide bonds. The lowest BCUT2D eigenvalue weighted by atomic mass is 10.4. The van der Waals surface area contributed by atoms with E-state index >= 15 is 0 Å². The van der Waals surface area contributed by atoms with Gasteiger partial charge in [0, 0.05) is 11.3 Å². The largest absolute Gasteiger partial charge is 0.211 e. The first-order valence-corrected chi connectivity index (χ1v) is 3.98. The van der Waals surface area contributed by atoms with E-state index in [0.717, 1.165) is 17.7 Å². The van der Waals surface area contributed by atoms with Gasteiger partial charge in [-0.25, -0.2) is 4.39 Å². The molecule has 0 nitrogen and oxygen atoms in total. The van der Waals surface area contributed by atoms with Crippen LogP contribution in [0.3, 0.4) is 0 Å². The van der Waals surface area contributed by atoms with E-state index < -0.39 is 0 Å². The van der Waals surface area contributed by atoms with Crippen molar-refractivity contribution in [3.8, 4) is 0 Å². The number of rotatable bonds is 1. The average molecular weight is 132 g/mol. The fraction of sp³-hybridized carbons (Fsp3) is 0.667. The molecular formula is C6H9FS. The quantitative estimate of drug-likeness (QED) is 0.528. The Morgan fingerprint density at radius 3 is 2.50 bits per heavy atom. The maximum atomic E-state index is 12.4. The Morgan fingerprint density at radius 2 is 2.25 bits per heavy atom.